The van der Waals surface area contributed by atoms with Crippen LogP contribution < -0.4 is 3.80 Å². The molecule has 0 saturated carbocycles. The zero-order valence-corrected chi connectivity index (χ0v) is 16.9. The van der Waals surface area contributed by atoms with Gasteiger partial charge in [-0.15, -0.1) is 24.8 Å². The standard InChI is InChI=1S/C14H15.C4H10N.2ClH.Ti/c1-10-8-9-14(12(10)3)13-7-5-4-6-11(13)2;1-2-3-4-5;;;/h4-8H,2,9H2,1,3H3;5H,2-4H2,1H3;2*1H;/q;-1;;;+1. The fraction of sp³-hybridized carbons (Fsp3) is 0.444. The molecule has 1 nitrogen and oxygen atoms in total. The zero-order valence-electron chi connectivity index (χ0n) is 13.7. The number of unbranched alkanes of at least 4 members (excludes halogenated alkanes) is 1. The van der Waals surface area contributed by atoms with Crippen LogP contribution in [0.1, 0.15) is 51.2 Å². The minimum absolute atomic E-state index is 0. The quantitative estimate of drug-likeness (QED) is 0.487. The van der Waals surface area contributed by atoms with Gasteiger partial charge >= 0.3 is 133 Å². The second kappa shape index (κ2) is 11.5. The molecule has 0 unspecified atom stereocenters. The first-order valence-corrected chi connectivity index (χ1v) is 9.53. The van der Waals surface area contributed by atoms with E-state index in [1.807, 2.05) is 0 Å². The number of halogens is 2. The molecule has 1 aliphatic rings. The second-order valence-corrected chi connectivity index (χ2v) is 7.14. The average Bonchev–Trinajstić information content (AvgIpc) is 2.79. The first-order chi connectivity index (χ1) is 9.74. The first-order valence-electron chi connectivity index (χ1n) is 7.65. The van der Waals surface area contributed by atoms with Gasteiger partial charge in [-0.1, -0.05) is 0 Å². The molecule has 122 valence electrons. The molecule has 1 aliphatic carbocycles. The van der Waals surface area contributed by atoms with E-state index in [9.17, 15) is 0 Å². The van der Waals surface area contributed by atoms with Crippen molar-refractivity contribution in [3.8, 4) is 0 Å². The van der Waals surface area contributed by atoms with Crippen molar-refractivity contribution in [2.45, 2.75) is 44.8 Å². The summed E-state index contributed by atoms with van der Waals surface area (Å²) in [6.07, 6.45) is 6.06. The molecular formula is C18H27Cl2NTi. The van der Waals surface area contributed by atoms with Crippen molar-refractivity contribution in [2.75, 3.05) is 6.54 Å². The number of hydrogen-bond donors (Lipinski definition) is 1. The van der Waals surface area contributed by atoms with E-state index in [-0.39, 0.29) is 44.2 Å². The Kier molecular flexibility index (Phi) is 11.5. The van der Waals surface area contributed by atoms with Gasteiger partial charge in [-0.2, -0.15) is 0 Å². The van der Waals surface area contributed by atoms with Crippen LogP contribution in [0.15, 0.2) is 41.5 Å². The van der Waals surface area contributed by atoms with E-state index >= 15 is 0 Å². The Morgan fingerprint density at radius 3 is 2.50 bits per heavy atom. The van der Waals surface area contributed by atoms with Gasteiger partial charge in [0, 0.05) is 0 Å². The molecule has 0 bridgehead atoms. The summed E-state index contributed by atoms with van der Waals surface area (Å²) in [7, 11) is 0. The van der Waals surface area contributed by atoms with Crippen molar-refractivity contribution in [3.05, 3.63) is 52.6 Å². The molecular weight excluding hydrogens is 349 g/mol. The van der Waals surface area contributed by atoms with Crippen LogP contribution in [-0.2, 0) is 24.1 Å². The normalized spacial score (nSPS) is 13.3. The summed E-state index contributed by atoms with van der Waals surface area (Å²) in [6, 6.07) is 8.98. The molecule has 1 N–H and O–H groups in total. The zero-order chi connectivity index (χ0) is 14.4. The van der Waals surface area contributed by atoms with Gasteiger partial charge < -0.3 is 0 Å². The predicted molar refractivity (Wildman–Crippen MR) is 98.5 cm³/mol. The molecule has 0 saturated heterocycles. The van der Waals surface area contributed by atoms with Crippen molar-refractivity contribution in [1.29, 1.82) is 0 Å². The maximum Gasteiger partial charge on any atom is -0.147 e. The van der Waals surface area contributed by atoms with Crippen molar-refractivity contribution >= 4 is 30.4 Å². The van der Waals surface area contributed by atoms with Gasteiger partial charge in [0.25, 0.3) is 0 Å². The van der Waals surface area contributed by atoms with E-state index in [1.54, 1.807) is 5.57 Å². The molecule has 0 spiro atoms. The van der Waals surface area contributed by atoms with Gasteiger partial charge in [0.1, 0.15) is 0 Å². The minimum atomic E-state index is -0.0497. The summed E-state index contributed by atoms with van der Waals surface area (Å²) in [5, 5.41) is 0. The summed E-state index contributed by atoms with van der Waals surface area (Å²) in [4.78, 5) is 0. The largest absolute Gasteiger partial charge is 0.147 e. The van der Waals surface area contributed by atoms with Crippen LogP contribution in [0.3, 0.4) is 0 Å². The Bertz CT molecular complexity index is 524. The Labute approximate surface area is 157 Å². The summed E-state index contributed by atoms with van der Waals surface area (Å²) in [5.41, 5.74) is 7.50. The number of allylic oxidation sites excluding steroid dienone is 4. The van der Waals surface area contributed by atoms with Gasteiger partial charge in [-0.05, 0) is 0 Å². The van der Waals surface area contributed by atoms with Crippen LogP contribution in [0.2, 0.25) is 0 Å². The third-order valence-corrected chi connectivity index (χ3v) is 5.71. The van der Waals surface area contributed by atoms with Crippen LogP contribution in [0.4, 0.5) is 0 Å². The fourth-order valence-corrected chi connectivity index (χ4v) is 4.12. The van der Waals surface area contributed by atoms with Gasteiger partial charge in [0.05, 0.1) is 0 Å². The minimum Gasteiger partial charge on any atom is -0.147 e. The Morgan fingerprint density at radius 2 is 1.86 bits per heavy atom. The molecule has 4 heteroatoms. The summed E-state index contributed by atoms with van der Waals surface area (Å²) < 4.78 is 4.91. The van der Waals surface area contributed by atoms with E-state index in [0.29, 0.717) is 0 Å². The molecule has 1 aromatic rings. The number of rotatable bonds is 7. The van der Waals surface area contributed by atoms with Crippen LogP contribution in [0, 0.1) is 0 Å². The molecule has 0 atom stereocenters. The van der Waals surface area contributed by atoms with Gasteiger partial charge in [0.2, 0.25) is 0 Å². The maximum absolute atomic E-state index is 3.67. The molecule has 0 radical (unpaired) electrons. The molecule has 0 fully saturated rings. The Hall–Kier alpha value is -0.0457. The summed E-state index contributed by atoms with van der Waals surface area (Å²) >= 11 is -0.0497. The maximum atomic E-state index is 3.67. The van der Waals surface area contributed by atoms with E-state index in [2.05, 4.69) is 54.9 Å². The molecule has 22 heavy (non-hydrogen) atoms. The monoisotopic (exact) mass is 375 g/mol. The SMILES string of the molecule is CCCC[NH][Ti][CH2]c1ccccc1C1=C(C)C(C)=CC1.Cl.Cl. The third kappa shape index (κ3) is 5.87. The first kappa shape index (κ1) is 22.0. The van der Waals surface area contributed by atoms with Crippen molar-refractivity contribution < 1.29 is 19.4 Å². The second-order valence-electron chi connectivity index (χ2n) is 5.49. The Morgan fingerprint density at radius 1 is 1.14 bits per heavy atom. The smallest absolute Gasteiger partial charge is 0.147 e. The molecule has 0 heterocycles. The molecule has 0 aliphatic heterocycles. The van der Waals surface area contributed by atoms with E-state index in [1.165, 1.54) is 46.4 Å². The molecule has 0 amide bonds. The third-order valence-electron chi connectivity index (χ3n) is 4.06. The van der Waals surface area contributed by atoms with Crippen molar-refractivity contribution in [3.63, 3.8) is 0 Å². The van der Waals surface area contributed by atoms with E-state index < -0.39 is 0 Å². The number of hydrogen-bond acceptors (Lipinski definition) is 1. The Balaban J connectivity index is 0.00000220. The summed E-state index contributed by atoms with van der Waals surface area (Å²) in [5.74, 6) is 0. The van der Waals surface area contributed by atoms with E-state index in [0.717, 1.165) is 6.42 Å². The molecule has 0 aromatic heterocycles. The topological polar surface area (TPSA) is 12.0 Å². The van der Waals surface area contributed by atoms with Gasteiger partial charge in [0.15, 0.2) is 0 Å². The predicted octanol–water partition coefficient (Wildman–Crippen LogP) is 5.54. The summed E-state index contributed by atoms with van der Waals surface area (Å²) in [6.45, 7) is 7.94. The fourth-order valence-electron chi connectivity index (χ4n) is 2.59. The number of nitrogens with one attached hydrogen (secondary N) is 1. The van der Waals surface area contributed by atoms with Crippen LogP contribution >= 0.6 is 24.8 Å². The average molecular weight is 376 g/mol. The molecule has 2 rings (SSSR count). The number of benzene rings is 1. The van der Waals surface area contributed by atoms with Crippen LogP contribution in [0.25, 0.3) is 5.57 Å². The van der Waals surface area contributed by atoms with Crippen molar-refractivity contribution in [2.24, 2.45) is 0 Å². The van der Waals surface area contributed by atoms with Gasteiger partial charge in [-0.25, -0.2) is 0 Å². The van der Waals surface area contributed by atoms with E-state index in [4.69, 9.17) is 0 Å². The van der Waals surface area contributed by atoms with Crippen molar-refractivity contribution in [1.82, 2.24) is 3.80 Å². The van der Waals surface area contributed by atoms with Crippen LogP contribution in [0.5, 0.6) is 0 Å². The van der Waals surface area contributed by atoms with Crippen LogP contribution in [-0.4, -0.2) is 6.54 Å². The molecule has 1 aromatic carbocycles. The van der Waals surface area contributed by atoms with Gasteiger partial charge in [-0.3, -0.25) is 0 Å².